The van der Waals surface area contributed by atoms with Crippen molar-refractivity contribution < 1.29 is 23.9 Å². The molecule has 0 bridgehead atoms. The molecule has 0 aromatic heterocycles. The van der Waals surface area contributed by atoms with E-state index in [-0.39, 0.29) is 18.2 Å². The molecule has 2 aromatic carbocycles. The fraction of sp³-hybridized carbons (Fsp3) is 0.483. The Hall–Kier alpha value is -2.84. The standard InChI is InChI=1S/C29H36N2O5S/c1-5-6-7-11-16-37-22-15-14-20(17-21(22)35-3)25-23-24(27(33)31(2)26(23)32)29(30-25,28(34)36-4)18-19-12-9-8-10-13-19/h8-10,12-15,17,23-25,30H,5-7,11,16,18H2,1-4H3/t23-,24-,25-,29-/m1/s1. The van der Waals surface area contributed by atoms with Gasteiger partial charge in [-0.2, -0.15) is 0 Å². The molecule has 4 atom stereocenters. The van der Waals surface area contributed by atoms with Gasteiger partial charge >= 0.3 is 5.97 Å². The minimum atomic E-state index is -1.37. The Labute approximate surface area is 223 Å². The minimum Gasteiger partial charge on any atom is -0.496 e. The number of likely N-dealkylation sites (tertiary alicyclic amines) is 1. The molecule has 2 saturated heterocycles. The summed E-state index contributed by atoms with van der Waals surface area (Å²) in [5.74, 6) is -1.07. The average Bonchev–Trinajstić information content (AvgIpc) is 3.38. The molecule has 2 aliphatic heterocycles. The van der Waals surface area contributed by atoms with Crippen LogP contribution in [0, 0.1) is 11.8 Å². The van der Waals surface area contributed by atoms with Gasteiger partial charge in [0.25, 0.3) is 0 Å². The molecule has 0 radical (unpaired) electrons. The van der Waals surface area contributed by atoms with Crippen LogP contribution < -0.4 is 10.1 Å². The van der Waals surface area contributed by atoms with E-state index in [1.807, 2.05) is 48.5 Å². The van der Waals surface area contributed by atoms with E-state index in [0.29, 0.717) is 0 Å². The molecule has 2 fully saturated rings. The Morgan fingerprint density at radius 1 is 1.05 bits per heavy atom. The van der Waals surface area contributed by atoms with E-state index in [9.17, 15) is 14.4 Å². The lowest BCUT2D eigenvalue weighted by Gasteiger charge is -2.32. The van der Waals surface area contributed by atoms with Gasteiger partial charge in [0.1, 0.15) is 11.3 Å². The molecular formula is C29H36N2O5S. The lowest BCUT2D eigenvalue weighted by molar-refractivity contribution is -0.153. The summed E-state index contributed by atoms with van der Waals surface area (Å²) < 4.78 is 11.0. The quantitative estimate of drug-likeness (QED) is 0.202. The zero-order valence-electron chi connectivity index (χ0n) is 22.0. The van der Waals surface area contributed by atoms with Crippen LogP contribution >= 0.6 is 11.8 Å². The van der Waals surface area contributed by atoms with Crippen LogP contribution in [0.1, 0.15) is 49.8 Å². The number of methoxy groups -OCH3 is 2. The first-order valence-electron chi connectivity index (χ1n) is 12.9. The largest absolute Gasteiger partial charge is 0.496 e. The first-order valence-corrected chi connectivity index (χ1v) is 13.9. The Morgan fingerprint density at radius 2 is 1.81 bits per heavy atom. The van der Waals surface area contributed by atoms with E-state index in [0.717, 1.165) is 38.8 Å². The summed E-state index contributed by atoms with van der Waals surface area (Å²) in [5, 5.41) is 3.44. The third-order valence-corrected chi connectivity index (χ3v) is 8.69. The number of amides is 2. The summed E-state index contributed by atoms with van der Waals surface area (Å²) in [4.78, 5) is 42.3. The van der Waals surface area contributed by atoms with Crippen molar-refractivity contribution in [2.45, 2.75) is 55.5 Å². The molecular weight excluding hydrogens is 488 g/mol. The highest BCUT2D eigenvalue weighted by Crippen LogP contribution is 2.50. The Balaban J connectivity index is 1.70. The third-order valence-electron chi connectivity index (χ3n) is 7.55. The maximum absolute atomic E-state index is 13.4. The summed E-state index contributed by atoms with van der Waals surface area (Å²) in [6.45, 7) is 2.20. The molecule has 2 aromatic rings. The van der Waals surface area contributed by atoms with Gasteiger partial charge in [-0.3, -0.25) is 24.6 Å². The minimum absolute atomic E-state index is 0.230. The second kappa shape index (κ2) is 11.7. The molecule has 37 heavy (non-hydrogen) atoms. The highest BCUT2D eigenvalue weighted by molar-refractivity contribution is 7.99. The molecule has 2 heterocycles. The van der Waals surface area contributed by atoms with Gasteiger partial charge in [0, 0.05) is 24.4 Å². The number of thioether (sulfide) groups is 1. The fourth-order valence-electron chi connectivity index (χ4n) is 5.66. The van der Waals surface area contributed by atoms with E-state index in [2.05, 4.69) is 12.2 Å². The van der Waals surface area contributed by atoms with E-state index < -0.39 is 29.4 Å². The van der Waals surface area contributed by atoms with Crippen LogP contribution in [0.15, 0.2) is 53.4 Å². The highest BCUT2D eigenvalue weighted by Gasteiger charge is 2.68. The van der Waals surface area contributed by atoms with Crippen LogP contribution in [0.25, 0.3) is 0 Å². The number of hydrogen-bond donors (Lipinski definition) is 1. The van der Waals surface area contributed by atoms with Crippen molar-refractivity contribution in [3.63, 3.8) is 0 Å². The van der Waals surface area contributed by atoms with Crippen LogP contribution in [-0.2, 0) is 25.5 Å². The van der Waals surface area contributed by atoms with Gasteiger partial charge in [0.2, 0.25) is 11.8 Å². The first-order chi connectivity index (χ1) is 17.9. The van der Waals surface area contributed by atoms with Crippen molar-refractivity contribution >= 4 is 29.5 Å². The van der Waals surface area contributed by atoms with E-state index in [4.69, 9.17) is 9.47 Å². The zero-order valence-corrected chi connectivity index (χ0v) is 22.8. The van der Waals surface area contributed by atoms with Crippen molar-refractivity contribution in [3.05, 3.63) is 59.7 Å². The highest BCUT2D eigenvalue weighted by atomic mass is 32.2. The summed E-state index contributed by atoms with van der Waals surface area (Å²) in [6, 6.07) is 14.9. The normalized spacial score (nSPS) is 24.9. The number of nitrogens with zero attached hydrogens (tertiary/aromatic N) is 1. The number of hydrogen-bond acceptors (Lipinski definition) is 7. The second-order valence-electron chi connectivity index (χ2n) is 9.81. The van der Waals surface area contributed by atoms with Crippen LogP contribution in [0.3, 0.4) is 0 Å². The summed E-state index contributed by atoms with van der Waals surface area (Å²) in [5.41, 5.74) is 0.308. The van der Waals surface area contributed by atoms with Crippen molar-refractivity contribution in [2.24, 2.45) is 11.8 Å². The number of imide groups is 1. The number of esters is 1. The SMILES string of the molecule is CCCCCCSc1ccc([C@H]2N[C@@](Cc3ccccc3)(C(=O)OC)[C@H]3C(=O)N(C)C(=O)[C@@H]23)cc1OC. The first kappa shape index (κ1) is 27.2. The predicted octanol–water partition coefficient (Wildman–Crippen LogP) is 4.40. The molecule has 2 aliphatic rings. The third kappa shape index (κ3) is 5.14. The molecule has 0 unspecified atom stereocenters. The van der Waals surface area contributed by atoms with Crippen molar-refractivity contribution in [2.75, 3.05) is 27.0 Å². The molecule has 0 spiro atoms. The van der Waals surface area contributed by atoms with Gasteiger partial charge < -0.3 is 9.47 Å². The van der Waals surface area contributed by atoms with Gasteiger partial charge in [-0.15, -0.1) is 11.8 Å². The Kier molecular flexibility index (Phi) is 8.60. The van der Waals surface area contributed by atoms with Gasteiger partial charge in [-0.25, -0.2) is 0 Å². The second-order valence-corrected chi connectivity index (χ2v) is 10.9. The summed E-state index contributed by atoms with van der Waals surface area (Å²) in [7, 11) is 4.44. The van der Waals surface area contributed by atoms with Crippen LogP contribution in [-0.4, -0.2) is 55.2 Å². The number of nitrogens with one attached hydrogen (secondary N) is 1. The van der Waals surface area contributed by atoms with E-state index in [1.165, 1.54) is 33.4 Å². The fourth-order valence-corrected chi connectivity index (χ4v) is 6.68. The van der Waals surface area contributed by atoms with Gasteiger partial charge in [0.05, 0.1) is 26.1 Å². The number of carbonyl (C=O) groups excluding carboxylic acids is 3. The number of ether oxygens (including phenoxy) is 2. The Morgan fingerprint density at radius 3 is 2.49 bits per heavy atom. The Bertz CT molecular complexity index is 1140. The summed E-state index contributed by atoms with van der Waals surface area (Å²) in [6.07, 6.45) is 5.01. The van der Waals surface area contributed by atoms with Crippen LogP contribution in [0.2, 0.25) is 0 Å². The number of rotatable bonds is 11. The summed E-state index contributed by atoms with van der Waals surface area (Å²) >= 11 is 1.76. The van der Waals surface area contributed by atoms with Crippen molar-refractivity contribution in [1.29, 1.82) is 0 Å². The lowest BCUT2D eigenvalue weighted by Crippen LogP contribution is -2.57. The lowest BCUT2D eigenvalue weighted by atomic mass is 9.76. The van der Waals surface area contributed by atoms with E-state index >= 15 is 0 Å². The molecule has 7 nitrogen and oxygen atoms in total. The maximum atomic E-state index is 13.4. The molecule has 0 aliphatic carbocycles. The monoisotopic (exact) mass is 524 g/mol. The number of fused-ring (bicyclic) bond motifs is 1. The molecule has 8 heteroatoms. The number of unbranched alkanes of at least 4 members (excludes halogenated alkanes) is 3. The van der Waals surface area contributed by atoms with Crippen LogP contribution in [0.4, 0.5) is 0 Å². The van der Waals surface area contributed by atoms with Gasteiger partial charge in [-0.05, 0) is 35.4 Å². The van der Waals surface area contributed by atoms with Gasteiger partial charge in [-0.1, -0.05) is 62.6 Å². The molecule has 2 amide bonds. The molecule has 0 saturated carbocycles. The smallest absolute Gasteiger partial charge is 0.327 e. The molecule has 198 valence electrons. The van der Waals surface area contributed by atoms with E-state index in [1.54, 1.807) is 18.9 Å². The number of benzene rings is 2. The topological polar surface area (TPSA) is 84.9 Å². The molecule has 4 rings (SSSR count). The maximum Gasteiger partial charge on any atom is 0.327 e. The van der Waals surface area contributed by atoms with Crippen molar-refractivity contribution in [1.82, 2.24) is 10.2 Å². The van der Waals surface area contributed by atoms with Gasteiger partial charge in [0.15, 0.2) is 0 Å². The number of carbonyl (C=O) groups is 3. The van der Waals surface area contributed by atoms with Crippen molar-refractivity contribution in [3.8, 4) is 5.75 Å². The predicted molar refractivity (Wildman–Crippen MR) is 143 cm³/mol. The zero-order chi connectivity index (χ0) is 26.6. The molecule has 1 N–H and O–H groups in total. The van der Waals surface area contributed by atoms with Crippen LogP contribution in [0.5, 0.6) is 5.75 Å². The average molecular weight is 525 g/mol.